The molecular weight excluding hydrogens is 320 g/mol. The van der Waals surface area contributed by atoms with Crippen molar-refractivity contribution in [2.24, 2.45) is 5.92 Å². The van der Waals surface area contributed by atoms with Crippen molar-refractivity contribution in [2.75, 3.05) is 0 Å². The van der Waals surface area contributed by atoms with E-state index in [1.54, 1.807) is 0 Å². The summed E-state index contributed by atoms with van der Waals surface area (Å²) in [6.07, 6.45) is 3.53. The van der Waals surface area contributed by atoms with Gasteiger partial charge in [-0.2, -0.15) is 0 Å². The van der Waals surface area contributed by atoms with Gasteiger partial charge in [-0.1, -0.05) is 78.3 Å². The molecule has 0 aliphatic heterocycles. The third kappa shape index (κ3) is 3.08. The van der Waals surface area contributed by atoms with Gasteiger partial charge in [-0.3, -0.25) is 0 Å². The second kappa shape index (κ2) is 6.36. The Hall–Kier alpha value is -1.08. The predicted molar refractivity (Wildman–Crippen MR) is 94.2 cm³/mol. The number of alkyl halides is 1. The van der Waals surface area contributed by atoms with Crippen LogP contribution < -0.4 is 0 Å². The molecule has 0 saturated heterocycles. The highest BCUT2D eigenvalue weighted by molar-refractivity contribution is 9.09. The van der Waals surface area contributed by atoms with E-state index < -0.39 is 0 Å². The summed E-state index contributed by atoms with van der Waals surface area (Å²) in [6.45, 7) is 4.49. The van der Waals surface area contributed by atoms with Crippen molar-refractivity contribution < 1.29 is 0 Å². The molecule has 3 unspecified atom stereocenters. The van der Waals surface area contributed by atoms with E-state index in [0.29, 0.717) is 4.83 Å². The number of benzene rings is 2. The molecule has 0 N–H and O–H groups in total. The summed E-state index contributed by atoms with van der Waals surface area (Å²) in [5.41, 5.74) is 5.95. The molecule has 0 bridgehead atoms. The maximum atomic E-state index is 4.01. The van der Waals surface area contributed by atoms with Crippen molar-refractivity contribution in [1.82, 2.24) is 0 Å². The highest BCUT2D eigenvalue weighted by atomic mass is 79.9. The van der Waals surface area contributed by atoms with E-state index in [4.69, 9.17) is 0 Å². The fraction of sp³-hybridized carbons (Fsp3) is 0.400. The van der Waals surface area contributed by atoms with Gasteiger partial charge in [0, 0.05) is 4.83 Å². The Kier molecular flexibility index (Phi) is 4.49. The average Bonchev–Trinajstić information content (AvgIpc) is 3.35. The molecule has 1 aliphatic carbocycles. The molecule has 0 heterocycles. The largest absolute Gasteiger partial charge is 0.0835 e. The smallest absolute Gasteiger partial charge is 0.0432 e. The summed E-state index contributed by atoms with van der Waals surface area (Å²) < 4.78 is 0. The minimum Gasteiger partial charge on any atom is -0.0835 e. The molecular formula is C20H23Br. The second-order valence-corrected chi connectivity index (χ2v) is 7.05. The maximum Gasteiger partial charge on any atom is 0.0432 e. The van der Waals surface area contributed by atoms with Crippen molar-refractivity contribution in [1.29, 1.82) is 0 Å². The van der Waals surface area contributed by atoms with Crippen molar-refractivity contribution in [3.63, 3.8) is 0 Å². The lowest BCUT2D eigenvalue weighted by Gasteiger charge is -2.16. The molecule has 0 radical (unpaired) electrons. The summed E-state index contributed by atoms with van der Waals surface area (Å²) in [6, 6.07) is 18.0. The molecule has 1 aliphatic rings. The molecule has 1 saturated carbocycles. The van der Waals surface area contributed by atoms with Crippen molar-refractivity contribution in [2.45, 2.75) is 43.9 Å². The molecule has 1 fully saturated rings. The van der Waals surface area contributed by atoms with Crippen LogP contribution in [-0.4, -0.2) is 0 Å². The third-order valence-corrected chi connectivity index (χ3v) is 5.91. The Morgan fingerprint density at radius 1 is 1.05 bits per heavy atom. The van der Waals surface area contributed by atoms with Crippen LogP contribution in [-0.2, 0) is 12.8 Å². The van der Waals surface area contributed by atoms with Crippen LogP contribution >= 0.6 is 15.9 Å². The van der Waals surface area contributed by atoms with Crippen molar-refractivity contribution in [3.8, 4) is 0 Å². The minimum absolute atomic E-state index is 0.490. The number of hydrogen-bond acceptors (Lipinski definition) is 0. The van der Waals surface area contributed by atoms with Crippen LogP contribution in [0.1, 0.15) is 53.3 Å². The lowest BCUT2D eigenvalue weighted by Crippen LogP contribution is -2.01. The highest BCUT2D eigenvalue weighted by Crippen LogP contribution is 2.57. The summed E-state index contributed by atoms with van der Waals surface area (Å²) in [5, 5.41) is 0. The number of halogens is 1. The number of aryl methyl sites for hydroxylation is 2. The minimum atomic E-state index is 0.490. The van der Waals surface area contributed by atoms with Gasteiger partial charge < -0.3 is 0 Å². The van der Waals surface area contributed by atoms with E-state index in [0.717, 1.165) is 24.7 Å². The van der Waals surface area contributed by atoms with Gasteiger partial charge in [0.1, 0.15) is 0 Å². The summed E-state index contributed by atoms with van der Waals surface area (Å²) in [4.78, 5) is 0.490. The Labute approximate surface area is 136 Å². The molecule has 110 valence electrons. The van der Waals surface area contributed by atoms with Crippen LogP contribution in [0.4, 0.5) is 0 Å². The topological polar surface area (TPSA) is 0 Å². The third-order valence-electron chi connectivity index (χ3n) is 4.74. The van der Waals surface area contributed by atoms with Crippen LogP contribution in [0.2, 0.25) is 0 Å². The number of rotatable bonds is 5. The molecule has 2 aromatic carbocycles. The molecule has 0 nitrogen and oxygen atoms in total. The monoisotopic (exact) mass is 342 g/mol. The zero-order valence-corrected chi connectivity index (χ0v) is 14.4. The molecule has 1 heteroatoms. The van der Waals surface area contributed by atoms with Crippen LogP contribution in [0.5, 0.6) is 0 Å². The lowest BCUT2D eigenvalue weighted by atomic mass is 9.95. The zero-order chi connectivity index (χ0) is 14.8. The molecule has 0 spiro atoms. The van der Waals surface area contributed by atoms with Crippen LogP contribution in [0.25, 0.3) is 0 Å². The van der Waals surface area contributed by atoms with E-state index in [1.165, 1.54) is 28.7 Å². The molecule has 3 rings (SSSR count). The summed E-state index contributed by atoms with van der Waals surface area (Å²) in [7, 11) is 0. The normalized spacial score (nSPS) is 22.0. The SMILES string of the molecule is CCc1ccc(CC)c(C(Br)C2CC2c2ccccc2)c1. The van der Waals surface area contributed by atoms with Gasteiger partial charge in [-0.25, -0.2) is 0 Å². The lowest BCUT2D eigenvalue weighted by molar-refractivity contribution is 0.775. The second-order valence-electron chi connectivity index (χ2n) is 6.06. The van der Waals surface area contributed by atoms with E-state index in [-0.39, 0.29) is 0 Å². The van der Waals surface area contributed by atoms with Crippen molar-refractivity contribution >= 4 is 15.9 Å². The van der Waals surface area contributed by atoms with Gasteiger partial charge in [0.05, 0.1) is 0 Å². The summed E-state index contributed by atoms with van der Waals surface area (Å²) >= 11 is 4.01. The molecule has 2 aromatic rings. The summed E-state index contributed by atoms with van der Waals surface area (Å²) in [5.74, 6) is 1.47. The van der Waals surface area contributed by atoms with Crippen molar-refractivity contribution in [3.05, 3.63) is 70.8 Å². The zero-order valence-electron chi connectivity index (χ0n) is 12.9. The van der Waals surface area contributed by atoms with E-state index >= 15 is 0 Å². The van der Waals surface area contributed by atoms with Gasteiger partial charge in [-0.15, -0.1) is 0 Å². The van der Waals surface area contributed by atoms with Crippen LogP contribution in [0.15, 0.2) is 48.5 Å². The van der Waals surface area contributed by atoms with Crippen LogP contribution in [0, 0.1) is 5.92 Å². The fourth-order valence-electron chi connectivity index (χ4n) is 3.30. The first-order valence-corrected chi connectivity index (χ1v) is 8.96. The van der Waals surface area contributed by atoms with Gasteiger partial charge in [0.15, 0.2) is 0 Å². The molecule has 0 aromatic heterocycles. The first-order valence-electron chi connectivity index (χ1n) is 8.05. The number of hydrogen-bond donors (Lipinski definition) is 0. The van der Waals surface area contributed by atoms with E-state index in [9.17, 15) is 0 Å². The average molecular weight is 343 g/mol. The maximum absolute atomic E-state index is 4.01. The molecule has 0 amide bonds. The van der Waals surface area contributed by atoms with Crippen LogP contribution in [0.3, 0.4) is 0 Å². The van der Waals surface area contributed by atoms with Gasteiger partial charge in [0.25, 0.3) is 0 Å². The molecule has 3 atom stereocenters. The Bertz CT molecular complexity index is 602. The highest BCUT2D eigenvalue weighted by Gasteiger charge is 2.43. The van der Waals surface area contributed by atoms with Gasteiger partial charge in [0.2, 0.25) is 0 Å². The Balaban J connectivity index is 1.82. The van der Waals surface area contributed by atoms with E-state index in [2.05, 4.69) is 78.3 Å². The fourth-order valence-corrected chi connectivity index (χ4v) is 4.31. The first kappa shape index (κ1) is 14.8. The van der Waals surface area contributed by atoms with Gasteiger partial charge in [-0.05, 0) is 53.4 Å². The first-order chi connectivity index (χ1) is 10.2. The van der Waals surface area contributed by atoms with E-state index in [1.807, 2.05) is 0 Å². The quantitative estimate of drug-likeness (QED) is 0.580. The predicted octanol–water partition coefficient (Wildman–Crippen LogP) is 6.05. The standard InChI is InChI=1S/C20H23Br/c1-3-14-10-11-15(4-2)18(12-14)20(21)19-13-17(19)16-8-6-5-7-9-16/h5-12,17,19-20H,3-4,13H2,1-2H3. The Morgan fingerprint density at radius 3 is 2.48 bits per heavy atom. The molecule has 21 heavy (non-hydrogen) atoms. The van der Waals surface area contributed by atoms with Gasteiger partial charge >= 0.3 is 0 Å². The Morgan fingerprint density at radius 2 is 1.81 bits per heavy atom.